The van der Waals surface area contributed by atoms with Crippen molar-refractivity contribution in [3.63, 3.8) is 0 Å². The number of nitrogens with one attached hydrogen (secondary N) is 3. The van der Waals surface area contributed by atoms with Crippen LogP contribution in [-0.4, -0.2) is 30.3 Å². The Kier molecular flexibility index (Phi) is 5.27. The molecule has 1 fully saturated rings. The van der Waals surface area contributed by atoms with Crippen LogP contribution in [-0.2, 0) is 14.8 Å². The Morgan fingerprint density at radius 1 is 1.20 bits per heavy atom. The fourth-order valence-corrected chi connectivity index (χ4v) is 5.06. The van der Waals surface area contributed by atoms with Gasteiger partial charge in [-0.1, -0.05) is 39.0 Å². The Bertz CT molecular complexity index is 1200. The number of H-pyrrole nitrogens is 1. The molecule has 0 radical (unpaired) electrons. The van der Waals surface area contributed by atoms with Crippen molar-refractivity contribution >= 4 is 38.3 Å². The van der Waals surface area contributed by atoms with Crippen molar-refractivity contribution in [3.8, 4) is 11.1 Å². The molecule has 158 valence electrons. The van der Waals surface area contributed by atoms with E-state index in [2.05, 4.69) is 27.2 Å². The number of hydrogen-bond donors (Lipinski definition) is 3. The van der Waals surface area contributed by atoms with Crippen LogP contribution in [0, 0.1) is 17.8 Å². The molecule has 1 saturated carbocycles. The van der Waals surface area contributed by atoms with Crippen molar-refractivity contribution in [2.75, 3.05) is 15.8 Å². The lowest BCUT2D eigenvalue weighted by atomic mass is 10.0. The van der Waals surface area contributed by atoms with Crippen LogP contribution in [0.15, 0.2) is 42.5 Å². The SMILES string of the molecule is CC(C)CS(=O)(=O)Nc1cccc(-c2ccc3c(NC(=O)C4CC4C)n[nH]c3c2)c1. The van der Waals surface area contributed by atoms with Crippen LogP contribution in [0.3, 0.4) is 0 Å². The average molecular weight is 427 g/mol. The minimum Gasteiger partial charge on any atom is -0.308 e. The van der Waals surface area contributed by atoms with Gasteiger partial charge in [0.25, 0.3) is 0 Å². The summed E-state index contributed by atoms with van der Waals surface area (Å²) < 4.78 is 27.1. The average Bonchev–Trinajstić information content (AvgIpc) is 3.27. The maximum absolute atomic E-state index is 12.2. The Labute approximate surface area is 176 Å². The molecule has 8 heteroatoms. The van der Waals surface area contributed by atoms with E-state index in [0.29, 0.717) is 17.4 Å². The van der Waals surface area contributed by atoms with Crippen LogP contribution >= 0.6 is 0 Å². The van der Waals surface area contributed by atoms with Crippen LogP contribution in [0.25, 0.3) is 22.0 Å². The number of anilines is 2. The topological polar surface area (TPSA) is 104 Å². The van der Waals surface area contributed by atoms with E-state index in [1.165, 1.54) is 0 Å². The number of amides is 1. The highest BCUT2D eigenvalue weighted by Gasteiger charge is 2.39. The maximum Gasteiger partial charge on any atom is 0.232 e. The van der Waals surface area contributed by atoms with Crippen LogP contribution in [0.2, 0.25) is 0 Å². The molecule has 3 aromatic rings. The van der Waals surface area contributed by atoms with Gasteiger partial charge in [0.15, 0.2) is 5.82 Å². The number of benzene rings is 2. The van der Waals surface area contributed by atoms with E-state index in [4.69, 9.17) is 0 Å². The maximum atomic E-state index is 12.2. The highest BCUT2D eigenvalue weighted by atomic mass is 32.2. The van der Waals surface area contributed by atoms with Gasteiger partial charge < -0.3 is 5.32 Å². The lowest BCUT2D eigenvalue weighted by Crippen LogP contribution is -2.19. The van der Waals surface area contributed by atoms with Gasteiger partial charge in [-0.05, 0) is 53.6 Å². The molecular formula is C22H26N4O3S. The van der Waals surface area contributed by atoms with Crippen molar-refractivity contribution < 1.29 is 13.2 Å². The minimum atomic E-state index is -3.39. The van der Waals surface area contributed by atoms with E-state index < -0.39 is 10.0 Å². The molecule has 30 heavy (non-hydrogen) atoms. The Morgan fingerprint density at radius 2 is 1.93 bits per heavy atom. The zero-order valence-corrected chi connectivity index (χ0v) is 18.1. The van der Waals surface area contributed by atoms with Crippen molar-refractivity contribution in [1.82, 2.24) is 10.2 Å². The lowest BCUT2D eigenvalue weighted by Gasteiger charge is -2.11. The van der Waals surface area contributed by atoms with Gasteiger partial charge in [-0.15, -0.1) is 0 Å². The molecule has 0 bridgehead atoms. The van der Waals surface area contributed by atoms with E-state index in [1.807, 2.05) is 50.2 Å². The van der Waals surface area contributed by atoms with Gasteiger partial charge in [-0.25, -0.2) is 8.42 Å². The van der Waals surface area contributed by atoms with E-state index in [1.54, 1.807) is 6.07 Å². The summed E-state index contributed by atoms with van der Waals surface area (Å²) in [6, 6.07) is 13.1. The van der Waals surface area contributed by atoms with Gasteiger partial charge >= 0.3 is 0 Å². The number of aromatic amines is 1. The smallest absolute Gasteiger partial charge is 0.232 e. The predicted molar refractivity (Wildman–Crippen MR) is 120 cm³/mol. The fraction of sp³-hybridized carbons (Fsp3) is 0.364. The summed E-state index contributed by atoms with van der Waals surface area (Å²) >= 11 is 0. The normalized spacial score (nSPS) is 18.5. The van der Waals surface area contributed by atoms with E-state index in [0.717, 1.165) is 28.5 Å². The van der Waals surface area contributed by atoms with Crippen LogP contribution in [0.4, 0.5) is 11.5 Å². The second-order valence-electron chi connectivity index (χ2n) is 8.50. The minimum absolute atomic E-state index is 0.0151. The largest absolute Gasteiger partial charge is 0.308 e. The molecule has 4 rings (SSSR count). The summed E-state index contributed by atoms with van der Waals surface area (Å²) in [6.45, 7) is 5.81. The number of hydrogen-bond acceptors (Lipinski definition) is 4. The molecule has 7 nitrogen and oxygen atoms in total. The number of rotatable bonds is 7. The Morgan fingerprint density at radius 3 is 2.63 bits per heavy atom. The van der Waals surface area contributed by atoms with Gasteiger partial charge in [0.05, 0.1) is 11.3 Å². The summed E-state index contributed by atoms with van der Waals surface area (Å²) in [7, 11) is -3.39. The van der Waals surface area contributed by atoms with Crippen LogP contribution in [0.1, 0.15) is 27.2 Å². The van der Waals surface area contributed by atoms with E-state index in [9.17, 15) is 13.2 Å². The summed E-state index contributed by atoms with van der Waals surface area (Å²) in [6.07, 6.45) is 0.926. The summed E-state index contributed by atoms with van der Waals surface area (Å²) in [4.78, 5) is 12.2. The first kappa shape index (κ1) is 20.4. The number of aromatic nitrogens is 2. The third-order valence-corrected chi connectivity index (χ3v) is 6.92. The molecule has 1 amide bonds. The molecule has 0 aliphatic heterocycles. The standard InChI is InChI=1S/C22H26N4O3S/c1-13(2)12-30(28,29)26-17-6-4-5-15(10-17)16-7-8-18-20(11-16)24-25-21(18)23-22(27)19-9-14(19)3/h4-8,10-11,13-14,19,26H,9,12H2,1-3H3,(H2,23,24,25,27). The van der Waals surface area contributed by atoms with Crippen LogP contribution in [0.5, 0.6) is 0 Å². The molecule has 3 N–H and O–H groups in total. The molecule has 0 saturated heterocycles. The summed E-state index contributed by atoms with van der Waals surface area (Å²) in [5.41, 5.74) is 3.14. The van der Waals surface area contributed by atoms with Gasteiger partial charge in [-0.3, -0.25) is 14.6 Å². The molecule has 2 aromatic carbocycles. The first-order valence-corrected chi connectivity index (χ1v) is 11.8. The van der Waals surface area contributed by atoms with Crippen molar-refractivity contribution in [3.05, 3.63) is 42.5 Å². The van der Waals surface area contributed by atoms with Crippen LogP contribution < -0.4 is 10.0 Å². The predicted octanol–water partition coefficient (Wildman–Crippen LogP) is 4.22. The van der Waals surface area contributed by atoms with Crippen molar-refractivity contribution in [1.29, 1.82) is 0 Å². The van der Waals surface area contributed by atoms with Gasteiger partial charge in [-0.2, -0.15) is 5.10 Å². The van der Waals surface area contributed by atoms with E-state index in [-0.39, 0.29) is 23.5 Å². The Balaban J connectivity index is 1.56. The lowest BCUT2D eigenvalue weighted by molar-refractivity contribution is -0.117. The number of sulfonamides is 1. The molecule has 2 atom stereocenters. The molecule has 1 heterocycles. The monoisotopic (exact) mass is 426 g/mol. The van der Waals surface area contributed by atoms with E-state index >= 15 is 0 Å². The second-order valence-corrected chi connectivity index (χ2v) is 10.3. The van der Waals surface area contributed by atoms with Gasteiger partial charge in [0.2, 0.25) is 15.9 Å². The molecular weight excluding hydrogens is 400 g/mol. The zero-order chi connectivity index (χ0) is 21.5. The van der Waals surface area contributed by atoms with Crippen molar-refractivity contribution in [2.45, 2.75) is 27.2 Å². The number of nitrogens with zero attached hydrogens (tertiary/aromatic N) is 1. The van der Waals surface area contributed by atoms with Gasteiger partial charge in [0, 0.05) is 17.0 Å². The first-order valence-electron chi connectivity index (χ1n) is 10.1. The Hall–Kier alpha value is -2.87. The fourth-order valence-electron chi connectivity index (χ4n) is 3.61. The molecule has 0 spiro atoms. The highest BCUT2D eigenvalue weighted by Crippen LogP contribution is 2.39. The second kappa shape index (κ2) is 7.75. The third-order valence-electron chi connectivity index (χ3n) is 5.27. The third kappa shape index (κ3) is 4.48. The first-order chi connectivity index (χ1) is 14.2. The number of carbonyl (C=O) groups excluding carboxylic acids is 1. The van der Waals surface area contributed by atoms with Crippen molar-refractivity contribution in [2.24, 2.45) is 17.8 Å². The zero-order valence-electron chi connectivity index (χ0n) is 17.3. The number of carbonyl (C=O) groups is 1. The quantitative estimate of drug-likeness (QED) is 0.526. The molecule has 1 aromatic heterocycles. The van der Waals surface area contributed by atoms with Gasteiger partial charge in [0.1, 0.15) is 0 Å². The highest BCUT2D eigenvalue weighted by molar-refractivity contribution is 7.92. The molecule has 2 unspecified atom stereocenters. The molecule has 1 aliphatic carbocycles. The molecule has 1 aliphatic rings. The summed E-state index contributed by atoms with van der Waals surface area (Å²) in [5, 5.41) is 11.0. The summed E-state index contributed by atoms with van der Waals surface area (Å²) in [5.74, 6) is 1.19. The number of fused-ring (bicyclic) bond motifs is 1.